The lowest BCUT2D eigenvalue weighted by molar-refractivity contribution is 0.261. The lowest BCUT2D eigenvalue weighted by Gasteiger charge is -2.36. The van der Waals surface area contributed by atoms with E-state index in [0.717, 1.165) is 50.4 Å². The summed E-state index contributed by atoms with van der Waals surface area (Å²) in [5, 5.41) is 5.31. The molecule has 1 aliphatic heterocycles. The van der Waals surface area contributed by atoms with Crippen molar-refractivity contribution in [2.24, 2.45) is 0 Å². The molecule has 0 atom stereocenters. The number of anilines is 2. The van der Waals surface area contributed by atoms with Gasteiger partial charge in [-0.1, -0.05) is 60.7 Å². The SMILES string of the molecule is Nc1nc(-c2ccc(CCN3CCN(c4cccc5ccccc45)CC3)cc2)cs1. The maximum atomic E-state index is 5.75. The third kappa shape index (κ3) is 4.04. The molecule has 5 heteroatoms. The van der Waals surface area contributed by atoms with Gasteiger partial charge in [0.1, 0.15) is 0 Å². The molecule has 1 aliphatic rings. The molecule has 2 N–H and O–H groups in total. The van der Waals surface area contributed by atoms with Gasteiger partial charge in [-0.25, -0.2) is 4.98 Å². The molecule has 0 bridgehead atoms. The molecule has 1 fully saturated rings. The first-order valence-corrected chi connectivity index (χ1v) is 11.4. The van der Waals surface area contributed by atoms with E-state index in [1.807, 2.05) is 5.38 Å². The number of fused-ring (bicyclic) bond motifs is 1. The van der Waals surface area contributed by atoms with Crippen LogP contribution in [0.4, 0.5) is 10.8 Å². The third-order valence-electron chi connectivity index (χ3n) is 5.97. The Balaban J connectivity index is 1.17. The number of piperazine rings is 1. The van der Waals surface area contributed by atoms with Gasteiger partial charge in [0.25, 0.3) is 0 Å². The molecule has 5 rings (SSSR count). The van der Waals surface area contributed by atoms with Crippen molar-refractivity contribution in [3.63, 3.8) is 0 Å². The molecule has 1 saturated heterocycles. The highest BCUT2D eigenvalue weighted by Gasteiger charge is 2.18. The lowest BCUT2D eigenvalue weighted by Crippen LogP contribution is -2.47. The average molecular weight is 415 g/mol. The van der Waals surface area contributed by atoms with Gasteiger partial charge < -0.3 is 10.6 Å². The van der Waals surface area contributed by atoms with Crippen LogP contribution in [0.1, 0.15) is 5.56 Å². The van der Waals surface area contributed by atoms with E-state index >= 15 is 0 Å². The van der Waals surface area contributed by atoms with E-state index in [4.69, 9.17) is 5.73 Å². The fraction of sp³-hybridized carbons (Fsp3) is 0.240. The van der Waals surface area contributed by atoms with Gasteiger partial charge in [-0.3, -0.25) is 4.90 Å². The molecule has 0 radical (unpaired) electrons. The zero-order valence-electron chi connectivity index (χ0n) is 17.0. The van der Waals surface area contributed by atoms with Gasteiger partial charge in [0.2, 0.25) is 0 Å². The molecule has 0 aliphatic carbocycles. The highest BCUT2D eigenvalue weighted by Crippen LogP contribution is 2.27. The summed E-state index contributed by atoms with van der Waals surface area (Å²) in [7, 11) is 0. The van der Waals surface area contributed by atoms with Gasteiger partial charge in [0.15, 0.2) is 5.13 Å². The minimum absolute atomic E-state index is 0.622. The Bertz CT molecular complexity index is 1120. The van der Waals surface area contributed by atoms with E-state index in [-0.39, 0.29) is 0 Å². The Kier molecular flexibility index (Phi) is 5.39. The number of hydrogen-bond acceptors (Lipinski definition) is 5. The van der Waals surface area contributed by atoms with Crippen LogP contribution >= 0.6 is 11.3 Å². The Morgan fingerprint density at radius 1 is 0.867 bits per heavy atom. The third-order valence-corrected chi connectivity index (χ3v) is 6.64. The van der Waals surface area contributed by atoms with Gasteiger partial charge >= 0.3 is 0 Å². The van der Waals surface area contributed by atoms with Crippen molar-refractivity contribution in [3.8, 4) is 11.3 Å². The van der Waals surface area contributed by atoms with Crippen molar-refractivity contribution in [3.05, 3.63) is 77.7 Å². The van der Waals surface area contributed by atoms with E-state index in [1.165, 1.54) is 33.4 Å². The van der Waals surface area contributed by atoms with Crippen LogP contribution in [0.5, 0.6) is 0 Å². The number of nitrogen functional groups attached to an aromatic ring is 1. The van der Waals surface area contributed by atoms with E-state index < -0.39 is 0 Å². The molecule has 4 aromatic rings. The van der Waals surface area contributed by atoms with Crippen LogP contribution in [0.15, 0.2) is 72.1 Å². The number of hydrogen-bond donors (Lipinski definition) is 1. The van der Waals surface area contributed by atoms with Crippen molar-refractivity contribution in [1.82, 2.24) is 9.88 Å². The summed E-state index contributed by atoms with van der Waals surface area (Å²) in [5.74, 6) is 0. The number of aromatic nitrogens is 1. The van der Waals surface area contributed by atoms with E-state index in [1.54, 1.807) is 0 Å². The van der Waals surface area contributed by atoms with Crippen molar-refractivity contribution < 1.29 is 0 Å². The van der Waals surface area contributed by atoms with Gasteiger partial charge in [0.05, 0.1) is 5.69 Å². The first-order chi connectivity index (χ1) is 14.8. The number of benzene rings is 3. The minimum atomic E-state index is 0.622. The fourth-order valence-electron chi connectivity index (χ4n) is 4.25. The highest BCUT2D eigenvalue weighted by molar-refractivity contribution is 7.13. The first kappa shape index (κ1) is 19.1. The smallest absolute Gasteiger partial charge is 0.180 e. The number of nitrogens with zero attached hydrogens (tertiary/aromatic N) is 3. The first-order valence-electron chi connectivity index (χ1n) is 10.5. The number of nitrogens with two attached hydrogens (primary N) is 1. The number of rotatable bonds is 5. The molecule has 0 unspecified atom stereocenters. The van der Waals surface area contributed by atoms with Crippen LogP contribution in [0.25, 0.3) is 22.0 Å². The lowest BCUT2D eigenvalue weighted by atomic mass is 10.1. The summed E-state index contributed by atoms with van der Waals surface area (Å²) in [6.07, 6.45) is 1.08. The largest absolute Gasteiger partial charge is 0.375 e. The maximum Gasteiger partial charge on any atom is 0.180 e. The van der Waals surface area contributed by atoms with E-state index in [9.17, 15) is 0 Å². The number of thiazole rings is 1. The summed E-state index contributed by atoms with van der Waals surface area (Å²) >= 11 is 1.49. The summed E-state index contributed by atoms with van der Waals surface area (Å²) in [6.45, 7) is 5.49. The van der Waals surface area contributed by atoms with Crippen LogP contribution < -0.4 is 10.6 Å². The fourth-order valence-corrected chi connectivity index (χ4v) is 4.82. The zero-order valence-corrected chi connectivity index (χ0v) is 17.8. The Morgan fingerprint density at radius 3 is 2.40 bits per heavy atom. The molecular formula is C25H26N4S. The van der Waals surface area contributed by atoms with Crippen molar-refractivity contribution in [2.45, 2.75) is 6.42 Å². The van der Waals surface area contributed by atoms with Crippen molar-refractivity contribution >= 4 is 32.9 Å². The minimum Gasteiger partial charge on any atom is -0.375 e. The zero-order chi connectivity index (χ0) is 20.3. The summed E-state index contributed by atoms with van der Waals surface area (Å²) in [5.41, 5.74) is 10.6. The predicted molar refractivity (Wildman–Crippen MR) is 128 cm³/mol. The summed E-state index contributed by atoms with van der Waals surface area (Å²) in [6, 6.07) is 24.1. The molecule has 30 heavy (non-hydrogen) atoms. The molecule has 3 aromatic carbocycles. The molecule has 0 spiro atoms. The molecular weight excluding hydrogens is 388 g/mol. The van der Waals surface area contributed by atoms with Crippen LogP contribution in [0.2, 0.25) is 0 Å². The standard InChI is InChI=1S/C25H26N4S/c26-25-27-23(18-30-25)21-10-8-19(9-11-21)12-13-28-14-16-29(17-15-28)24-7-3-5-20-4-1-2-6-22(20)24/h1-11,18H,12-17H2,(H2,26,27). The van der Waals surface area contributed by atoms with Crippen LogP contribution in [-0.4, -0.2) is 42.6 Å². The van der Waals surface area contributed by atoms with Gasteiger partial charge in [-0.2, -0.15) is 0 Å². The van der Waals surface area contributed by atoms with Crippen molar-refractivity contribution in [2.75, 3.05) is 43.4 Å². The van der Waals surface area contributed by atoms with E-state index in [2.05, 4.69) is 81.5 Å². The quantitative estimate of drug-likeness (QED) is 0.504. The van der Waals surface area contributed by atoms with Gasteiger partial charge in [-0.05, 0) is 23.4 Å². The summed E-state index contributed by atoms with van der Waals surface area (Å²) < 4.78 is 0. The normalized spacial score (nSPS) is 15.0. The van der Waals surface area contributed by atoms with Crippen LogP contribution in [0, 0.1) is 0 Å². The van der Waals surface area contributed by atoms with E-state index in [0.29, 0.717) is 5.13 Å². The molecule has 0 amide bonds. The van der Waals surface area contributed by atoms with Gasteiger partial charge in [-0.15, -0.1) is 11.3 Å². The molecule has 1 aromatic heterocycles. The second-order valence-corrected chi connectivity index (χ2v) is 8.73. The average Bonchev–Trinajstić information content (AvgIpc) is 3.24. The van der Waals surface area contributed by atoms with Crippen molar-refractivity contribution in [1.29, 1.82) is 0 Å². The predicted octanol–water partition coefficient (Wildman–Crippen LogP) is 4.91. The molecule has 2 heterocycles. The highest BCUT2D eigenvalue weighted by atomic mass is 32.1. The summed E-state index contributed by atoms with van der Waals surface area (Å²) in [4.78, 5) is 9.48. The van der Waals surface area contributed by atoms with Crippen LogP contribution in [0.3, 0.4) is 0 Å². The van der Waals surface area contributed by atoms with Crippen LogP contribution in [-0.2, 0) is 6.42 Å². The van der Waals surface area contributed by atoms with Gasteiger partial charge in [0, 0.05) is 54.7 Å². The molecule has 4 nitrogen and oxygen atoms in total. The topological polar surface area (TPSA) is 45.4 Å². The second-order valence-electron chi connectivity index (χ2n) is 7.84. The molecule has 152 valence electrons. The Labute approximate surface area is 181 Å². The monoisotopic (exact) mass is 414 g/mol. The Hall–Kier alpha value is -2.89. The second kappa shape index (κ2) is 8.46. The maximum absolute atomic E-state index is 5.75. The Morgan fingerprint density at radius 2 is 1.63 bits per heavy atom. The molecule has 0 saturated carbocycles.